The summed E-state index contributed by atoms with van der Waals surface area (Å²) in [6.45, 7) is 14.4. The van der Waals surface area contributed by atoms with E-state index < -0.39 is 0 Å². The lowest BCUT2D eigenvalue weighted by Crippen LogP contribution is -2.17. The number of hydrogen-bond donors (Lipinski definition) is 1. The van der Waals surface area contributed by atoms with Gasteiger partial charge in [-0.05, 0) is 64.1 Å². The van der Waals surface area contributed by atoms with Gasteiger partial charge in [-0.25, -0.2) is 0 Å². The van der Waals surface area contributed by atoms with Crippen LogP contribution >= 0.6 is 22.7 Å². The van der Waals surface area contributed by atoms with Crippen molar-refractivity contribution in [2.45, 2.75) is 53.4 Å². The van der Waals surface area contributed by atoms with Gasteiger partial charge in [0.05, 0.1) is 25.7 Å². The van der Waals surface area contributed by atoms with Crippen molar-refractivity contribution in [3.63, 3.8) is 0 Å². The van der Waals surface area contributed by atoms with Crippen LogP contribution in [-0.2, 0) is 11.8 Å². The molecule has 2 nitrogen and oxygen atoms in total. The van der Waals surface area contributed by atoms with Crippen LogP contribution in [0, 0.1) is 12.8 Å². The number of nitrogens with zero attached hydrogens (tertiary/aromatic N) is 1. The molecule has 0 saturated carbocycles. The van der Waals surface area contributed by atoms with Gasteiger partial charge in [-0.2, -0.15) is 0 Å². The summed E-state index contributed by atoms with van der Waals surface area (Å²) < 4.78 is 2.83. The molecule has 0 bridgehead atoms. The van der Waals surface area contributed by atoms with Crippen LogP contribution in [0.2, 0.25) is 0 Å². The Kier molecular flexibility index (Phi) is 5.32. The summed E-state index contributed by atoms with van der Waals surface area (Å²) in [4.78, 5) is 7.82. The zero-order chi connectivity index (χ0) is 24.5. The van der Waals surface area contributed by atoms with Crippen molar-refractivity contribution in [3.05, 3.63) is 75.0 Å². The molecule has 0 spiro atoms. The largest absolute Gasteiger partial charge is 0.365 e. The third-order valence-electron chi connectivity index (χ3n) is 7.11. The van der Waals surface area contributed by atoms with Crippen molar-refractivity contribution in [1.82, 2.24) is 0 Å². The molecule has 1 aliphatic rings. The van der Waals surface area contributed by atoms with Crippen LogP contribution in [0.25, 0.3) is 30.9 Å². The Bertz CT molecular complexity index is 1640. The monoisotopic (exact) mass is 496 g/mol. The molecule has 5 aromatic rings. The Balaban J connectivity index is 1.57. The Hall–Kier alpha value is -2.69. The quantitative estimate of drug-likeness (QED) is 0.264. The van der Waals surface area contributed by atoms with Crippen molar-refractivity contribution in [2.24, 2.45) is 10.9 Å². The van der Waals surface area contributed by atoms with Gasteiger partial charge in [0.2, 0.25) is 0 Å². The van der Waals surface area contributed by atoms with E-state index >= 15 is 0 Å². The Morgan fingerprint density at radius 2 is 1.69 bits per heavy atom. The summed E-state index contributed by atoms with van der Waals surface area (Å²) in [6.07, 6.45) is 1.15. The molecular weight excluding hydrogens is 464 g/mol. The van der Waals surface area contributed by atoms with Crippen LogP contribution in [0.15, 0.2) is 53.5 Å². The second-order valence-electron chi connectivity index (χ2n) is 11.2. The molecule has 0 radical (unpaired) electrons. The van der Waals surface area contributed by atoms with Crippen molar-refractivity contribution < 1.29 is 0 Å². The van der Waals surface area contributed by atoms with Crippen molar-refractivity contribution in [1.29, 1.82) is 0 Å². The normalized spacial score (nSPS) is 14.1. The SMILES string of the molecule is Cc1c(CC(C)C)sc2c1ccc1c3c(sc12)C(c1cc(C(C)(C)C)c2ccccc2c1)=NCN3. The topological polar surface area (TPSA) is 24.4 Å². The number of anilines is 1. The number of aliphatic imine (C=N–C) groups is 1. The highest BCUT2D eigenvalue weighted by atomic mass is 32.1. The van der Waals surface area contributed by atoms with Crippen LogP contribution in [0.1, 0.15) is 61.1 Å². The summed E-state index contributed by atoms with van der Waals surface area (Å²) >= 11 is 3.90. The zero-order valence-electron chi connectivity index (χ0n) is 21.4. The Morgan fingerprint density at radius 1 is 0.943 bits per heavy atom. The third kappa shape index (κ3) is 3.70. The highest BCUT2D eigenvalue weighted by Crippen LogP contribution is 2.46. The number of thiophene rings is 2. The fourth-order valence-electron chi connectivity index (χ4n) is 5.35. The first-order valence-corrected chi connectivity index (χ1v) is 14.2. The van der Waals surface area contributed by atoms with Crippen LogP contribution < -0.4 is 5.32 Å². The minimum Gasteiger partial charge on any atom is -0.365 e. The Labute approximate surface area is 215 Å². The van der Waals surface area contributed by atoms with E-state index in [1.165, 1.54) is 63.1 Å². The number of aryl methyl sites for hydroxylation is 1. The minimum absolute atomic E-state index is 0.0551. The molecule has 0 fully saturated rings. The molecule has 6 rings (SSSR count). The van der Waals surface area contributed by atoms with E-state index in [9.17, 15) is 0 Å². The summed E-state index contributed by atoms with van der Waals surface area (Å²) in [6, 6.07) is 18.1. The molecule has 0 aliphatic carbocycles. The average molecular weight is 497 g/mol. The second-order valence-corrected chi connectivity index (χ2v) is 13.3. The standard InChI is InChI=1S/C31H32N2S2/c1-17(2)13-25-18(3)21-11-12-23-27-30(35-29(23)28(21)34-25)26(32-16-33-27)20-14-19-9-7-8-10-22(19)24(15-20)31(4,5)6/h7-12,14-15,17,33H,13,16H2,1-6H3. The van der Waals surface area contributed by atoms with Gasteiger partial charge in [0.15, 0.2) is 0 Å². The molecule has 2 aromatic heterocycles. The first-order valence-electron chi connectivity index (χ1n) is 12.5. The van der Waals surface area contributed by atoms with Crippen LogP contribution in [0.3, 0.4) is 0 Å². The highest BCUT2D eigenvalue weighted by Gasteiger charge is 2.26. The maximum absolute atomic E-state index is 5.03. The number of benzene rings is 3. The lowest BCUT2D eigenvalue weighted by Gasteiger charge is -2.24. The molecule has 0 unspecified atom stereocenters. The summed E-state index contributed by atoms with van der Waals surface area (Å²) in [7, 11) is 0. The van der Waals surface area contributed by atoms with Gasteiger partial charge in [0, 0.05) is 15.8 Å². The van der Waals surface area contributed by atoms with E-state index in [2.05, 4.69) is 95.4 Å². The van der Waals surface area contributed by atoms with Crippen LogP contribution in [0.5, 0.6) is 0 Å². The van der Waals surface area contributed by atoms with Crippen LogP contribution in [0.4, 0.5) is 5.69 Å². The molecule has 1 N–H and O–H groups in total. The predicted molar refractivity (Wildman–Crippen MR) is 157 cm³/mol. The van der Waals surface area contributed by atoms with E-state index in [0.29, 0.717) is 12.6 Å². The van der Waals surface area contributed by atoms with Gasteiger partial charge >= 0.3 is 0 Å². The maximum atomic E-state index is 5.03. The highest BCUT2D eigenvalue weighted by molar-refractivity contribution is 7.28. The Morgan fingerprint density at radius 3 is 2.46 bits per heavy atom. The van der Waals surface area contributed by atoms with Gasteiger partial charge in [-0.1, -0.05) is 71.0 Å². The number of rotatable bonds is 3. The lowest BCUT2D eigenvalue weighted by atomic mass is 9.82. The second kappa shape index (κ2) is 8.18. The first kappa shape index (κ1) is 22.8. The molecule has 3 aromatic carbocycles. The molecule has 4 heteroatoms. The molecule has 0 atom stereocenters. The number of hydrogen-bond acceptors (Lipinski definition) is 4. The maximum Gasteiger partial charge on any atom is 0.108 e. The minimum atomic E-state index is 0.0551. The molecule has 1 aliphatic heterocycles. The lowest BCUT2D eigenvalue weighted by molar-refractivity contribution is 0.596. The van der Waals surface area contributed by atoms with E-state index in [1.54, 1.807) is 0 Å². The summed E-state index contributed by atoms with van der Waals surface area (Å²) in [5.41, 5.74) is 6.49. The molecule has 35 heavy (non-hydrogen) atoms. The zero-order valence-corrected chi connectivity index (χ0v) is 23.0. The van der Waals surface area contributed by atoms with Crippen molar-refractivity contribution in [2.75, 3.05) is 12.0 Å². The van der Waals surface area contributed by atoms with Gasteiger partial charge in [-0.15, -0.1) is 22.7 Å². The van der Waals surface area contributed by atoms with Gasteiger partial charge in [0.1, 0.15) is 6.67 Å². The fraction of sp³-hybridized carbons (Fsp3) is 0.323. The smallest absolute Gasteiger partial charge is 0.108 e. The third-order valence-corrected chi connectivity index (χ3v) is 9.81. The molecule has 0 saturated heterocycles. The van der Waals surface area contributed by atoms with Crippen molar-refractivity contribution >= 4 is 65.0 Å². The van der Waals surface area contributed by atoms with Gasteiger partial charge < -0.3 is 5.32 Å². The van der Waals surface area contributed by atoms with E-state index in [0.717, 1.165) is 12.1 Å². The van der Waals surface area contributed by atoms with Gasteiger partial charge in [-0.3, -0.25) is 4.99 Å². The average Bonchev–Trinajstić information content (AvgIpc) is 3.35. The predicted octanol–water partition coefficient (Wildman–Crippen LogP) is 9.29. The van der Waals surface area contributed by atoms with Crippen LogP contribution in [-0.4, -0.2) is 12.4 Å². The number of fused-ring (bicyclic) bond motifs is 6. The van der Waals surface area contributed by atoms with E-state index in [-0.39, 0.29) is 5.41 Å². The van der Waals surface area contributed by atoms with E-state index in [4.69, 9.17) is 4.99 Å². The molecular formula is C31H32N2S2. The number of nitrogens with one attached hydrogen (secondary N) is 1. The molecule has 3 heterocycles. The molecule has 178 valence electrons. The summed E-state index contributed by atoms with van der Waals surface area (Å²) in [5, 5.41) is 8.98. The summed E-state index contributed by atoms with van der Waals surface area (Å²) in [5.74, 6) is 0.666. The van der Waals surface area contributed by atoms with Gasteiger partial charge in [0.25, 0.3) is 0 Å². The fourth-order valence-corrected chi connectivity index (χ4v) is 8.31. The first-order chi connectivity index (χ1) is 16.7. The molecule has 0 amide bonds. The van der Waals surface area contributed by atoms with E-state index in [1.807, 2.05) is 22.7 Å². The van der Waals surface area contributed by atoms with Crippen molar-refractivity contribution in [3.8, 4) is 0 Å².